The van der Waals surface area contributed by atoms with Crippen LogP contribution in [0, 0.1) is 6.57 Å². The van der Waals surface area contributed by atoms with E-state index >= 15 is 0 Å². The van der Waals surface area contributed by atoms with Crippen molar-refractivity contribution in [2.45, 2.75) is 19.3 Å². The van der Waals surface area contributed by atoms with E-state index in [9.17, 15) is 40.7 Å². The minimum Gasteiger partial charge on any atom is -0.295 e. The van der Waals surface area contributed by atoms with E-state index in [0.29, 0.717) is 11.3 Å². The van der Waals surface area contributed by atoms with Crippen molar-refractivity contribution < 1.29 is 40.7 Å². The van der Waals surface area contributed by atoms with Gasteiger partial charge >= 0.3 is 23.9 Å². The lowest BCUT2D eigenvalue weighted by atomic mass is 10.1. The van der Waals surface area contributed by atoms with Gasteiger partial charge in [0.05, 0.1) is 6.57 Å². The molecule has 0 fully saturated rings. The van der Waals surface area contributed by atoms with Crippen LogP contribution in [0.5, 0.6) is 0 Å². The number of ketones is 3. The summed E-state index contributed by atoms with van der Waals surface area (Å²) in [7, 11) is 0. The Balaban J connectivity index is 0.000000422. The summed E-state index contributed by atoms with van der Waals surface area (Å²) in [5.41, 5.74) is 1.22. The predicted octanol–water partition coefficient (Wildman–Crippen LogP) is 3.69. The Labute approximate surface area is 125 Å². The van der Waals surface area contributed by atoms with Crippen LogP contribution < -0.4 is 0 Å². The van der Waals surface area contributed by atoms with Crippen LogP contribution in [0.25, 0.3) is 4.85 Å². The Morgan fingerprint density at radius 3 is 1.43 bits per heavy atom. The molecule has 0 radical (unpaired) electrons. The number of carbonyl (C=O) groups is 3. The summed E-state index contributed by atoms with van der Waals surface area (Å²) in [5.74, 6) is -6.79. The van der Waals surface area contributed by atoms with Crippen molar-refractivity contribution in [3.8, 4) is 0 Å². The van der Waals surface area contributed by atoms with Crippen LogP contribution in [0.4, 0.5) is 32.0 Å². The third kappa shape index (κ3) is 6.73. The zero-order valence-electron chi connectivity index (χ0n) is 11.2. The van der Waals surface area contributed by atoms with Crippen molar-refractivity contribution in [3.05, 3.63) is 41.2 Å². The van der Waals surface area contributed by atoms with Gasteiger partial charge in [0.25, 0.3) is 0 Å². The molecule has 0 amide bonds. The van der Waals surface area contributed by atoms with Gasteiger partial charge in [-0.1, -0.05) is 24.3 Å². The normalized spacial score (nSPS) is 10.9. The minimum atomic E-state index is -5.77. The molecule has 4 nitrogen and oxygen atoms in total. The first-order valence-corrected chi connectivity index (χ1v) is 5.51. The summed E-state index contributed by atoms with van der Waals surface area (Å²) in [6.07, 6.45) is -11.5. The molecule has 0 aromatic heterocycles. The fourth-order valence-electron chi connectivity index (χ4n) is 1.03. The number of hydrogen-bond acceptors (Lipinski definition) is 3. The molecule has 124 valence electrons. The van der Waals surface area contributed by atoms with Gasteiger partial charge in [-0.05, 0) is 6.92 Å². The highest BCUT2D eigenvalue weighted by molar-refractivity contribution is 6.41. The first kappa shape index (κ1) is 20.3. The van der Waals surface area contributed by atoms with E-state index in [1.165, 1.54) is 6.92 Å². The molecule has 1 aromatic carbocycles. The number of hydrogen-bond donors (Lipinski definition) is 0. The molecule has 0 aliphatic rings. The molecule has 10 heteroatoms. The van der Waals surface area contributed by atoms with Crippen molar-refractivity contribution in [1.82, 2.24) is 0 Å². The predicted molar refractivity (Wildman–Crippen MR) is 64.8 cm³/mol. The zero-order chi connectivity index (χ0) is 18.4. The first-order chi connectivity index (χ1) is 10.3. The zero-order valence-corrected chi connectivity index (χ0v) is 11.2. The average Bonchev–Trinajstić information content (AvgIpc) is 2.44. The Kier molecular flexibility index (Phi) is 6.64. The van der Waals surface area contributed by atoms with Crippen LogP contribution >= 0.6 is 0 Å². The Morgan fingerprint density at radius 2 is 1.22 bits per heavy atom. The van der Waals surface area contributed by atoms with Gasteiger partial charge in [-0.3, -0.25) is 14.4 Å². The van der Waals surface area contributed by atoms with Crippen molar-refractivity contribution in [1.29, 1.82) is 0 Å². The number of rotatable bonds is 2. The molecule has 23 heavy (non-hydrogen) atoms. The molecule has 0 saturated heterocycles. The maximum atomic E-state index is 11.2. The number of nitrogens with zero attached hydrogens (tertiary/aromatic N) is 1. The van der Waals surface area contributed by atoms with Gasteiger partial charge in [0.1, 0.15) is 0 Å². The van der Waals surface area contributed by atoms with Crippen LogP contribution in [0.15, 0.2) is 24.3 Å². The smallest absolute Gasteiger partial charge is 0.295 e. The fourth-order valence-corrected chi connectivity index (χ4v) is 1.03. The van der Waals surface area contributed by atoms with Crippen LogP contribution in [0.1, 0.15) is 17.3 Å². The van der Waals surface area contributed by atoms with Crippen LogP contribution in [-0.4, -0.2) is 29.7 Å². The van der Waals surface area contributed by atoms with Crippen molar-refractivity contribution in [3.63, 3.8) is 0 Å². The van der Waals surface area contributed by atoms with Crippen LogP contribution in [-0.2, 0) is 9.59 Å². The van der Waals surface area contributed by atoms with E-state index in [-0.39, 0.29) is 5.78 Å². The molecule has 0 bridgehead atoms. The van der Waals surface area contributed by atoms with Gasteiger partial charge < -0.3 is 0 Å². The maximum Gasteiger partial charge on any atom is 0.458 e. The van der Waals surface area contributed by atoms with E-state index in [4.69, 9.17) is 6.57 Å². The lowest BCUT2D eigenvalue weighted by Crippen LogP contribution is -2.39. The summed E-state index contributed by atoms with van der Waals surface area (Å²) in [6, 6.07) is 6.61. The third-order valence-corrected chi connectivity index (χ3v) is 2.12. The second-order valence-corrected chi connectivity index (χ2v) is 3.87. The number of halogens is 6. The number of carbonyl (C=O) groups excluding carboxylic acids is 3. The summed E-state index contributed by atoms with van der Waals surface area (Å²) in [4.78, 5) is 33.2. The SMILES string of the molecule is O=C(C(=O)C(F)(F)F)C(F)(F)F.[C-]#[N+]c1ccc(C(C)=O)cc1. The van der Waals surface area contributed by atoms with E-state index in [1.807, 2.05) is 0 Å². The molecule has 0 atom stereocenters. The number of alkyl halides is 6. The molecule has 0 aliphatic heterocycles. The highest BCUT2D eigenvalue weighted by Gasteiger charge is 2.54. The molecular weight excluding hydrogens is 332 g/mol. The quantitative estimate of drug-likeness (QED) is 0.357. The molecule has 1 rings (SSSR count). The number of benzene rings is 1. The van der Waals surface area contributed by atoms with Crippen molar-refractivity contribution in [2.24, 2.45) is 0 Å². The highest BCUT2D eigenvalue weighted by Crippen LogP contribution is 2.24. The van der Waals surface area contributed by atoms with Crippen LogP contribution in [0.3, 0.4) is 0 Å². The van der Waals surface area contributed by atoms with E-state index in [2.05, 4.69) is 4.85 Å². The van der Waals surface area contributed by atoms with Crippen molar-refractivity contribution >= 4 is 23.0 Å². The van der Waals surface area contributed by atoms with Crippen LogP contribution in [0.2, 0.25) is 0 Å². The Morgan fingerprint density at radius 1 is 0.870 bits per heavy atom. The summed E-state index contributed by atoms with van der Waals surface area (Å²) >= 11 is 0. The summed E-state index contributed by atoms with van der Waals surface area (Å²) < 4.78 is 67.0. The molecule has 0 aliphatic carbocycles. The van der Waals surface area contributed by atoms with Gasteiger partial charge in [-0.2, -0.15) is 26.3 Å². The molecule has 1 aromatic rings. The first-order valence-electron chi connectivity index (χ1n) is 5.51. The van der Waals surface area contributed by atoms with Gasteiger partial charge in [-0.15, -0.1) is 0 Å². The van der Waals surface area contributed by atoms with E-state index in [0.717, 1.165) is 0 Å². The minimum absolute atomic E-state index is 0.0292. The van der Waals surface area contributed by atoms with Gasteiger partial charge in [-0.25, -0.2) is 4.85 Å². The largest absolute Gasteiger partial charge is 0.458 e. The Bertz CT molecular complexity index is 614. The lowest BCUT2D eigenvalue weighted by molar-refractivity contribution is -0.193. The molecule has 0 spiro atoms. The molecule has 0 N–H and O–H groups in total. The topological polar surface area (TPSA) is 55.6 Å². The van der Waals surface area contributed by atoms with E-state index < -0.39 is 23.9 Å². The molecule has 0 heterocycles. The van der Waals surface area contributed by atoms with Gasteiger partial charge in [0.2, 0.25) is 0 Å². The standard InChI is InChI=1S/C9H7NO.C4F6O2/c1-7(11)8-3-5-9(10-2)6-4-8;5-3(6,7)1(11)2(12)4(8,9)10/h3-6H,1H3;. The lowest BCUT2D eigenvalue weighted by Gasteiger charge is -2.05. The van der Waals surface area contributed by atoms with Gasteiger partial charge in [0, 0.05) is 5.56 Å². The molecule has 0 saturated carbocycles. The second kappa shape index (κ2) is 7.53. The summed E-state index contributed by atoms with van der Waals surface area (Å²) in [6.45, 7) is 8.17. The molecule has 0 unspecified atom stereocenters. The van der Waals surface area contributed by atoms with E-state index in [1.54, 1.807) is 24.3 Å². The summed E-state index contributed by atoms with van der Waals surface area (Å²) in [5, 5.41) is 0. The van der Waals surface area contributed by atoms with Gasteiger partial charge in [0.15, 0.2) is 11.5 Å². The monoisotopic (exact) mass is 339 g/mol. The highest BCUT2D eigenvalue weighted by atomic mass is 19.4. The Hall–Kier alpha value is -2.70. The average molecular weight is 339 g/mol. The van der Waals surface area contributed by atoms with Crippen molar-refractivity contribution in [2.75, 3.05) is 0 Å². The number of Topliss-reactive ketones (excluding diaryl/α,β-unsaturated/α-hetero) is 3. The second-order valence-electron chi connectivity index (χ2n) is 3.87. The maximum absolute atomic E-state index is 11.2. The molecular formula is C13H7F6NO3. The fraction of sp³-hybridized carbons (Fsp3) is 0.231. The third-order valence-electron chi connectivity index (χ3n) is 2.12.